The molecule has 0 spiro atoms. The zero-order chi connectivity index (χ0) is 14.8. The Morgan fingerprint density at radius 3 is 2.81 bits per heavy atom. The molecule has 1 aromatic carbocycles. The van der Waals surface area contributed by atoms with Gasteiger partial charge in [-0.3, -0.25) is 4.98 Å². The Morgan fingerprint density at radius 2 is 2.10 bits per heavy atom. The number of para-hydroxylation sites is 1. The number of carboxylic acids is 1. The topological polar surface area (TPSA) is 72.6 Å². The van der Waals surface area contributed by atoms with E-state index in [1.807, 2.05) is 19.1 Å². The van der Waals surface area contributed by atoms with Gasteiger partial charge in [-0.05, 0) is 25.1 Å². The lowest BCUT2D eigenvalue weighted by Crippen LogP contribution is -2.05. The molecular weight excluding hydrogens is 270 g/mol. The van der Waals surface area contributed by atoms with Crippen LogP contribution in [0.2, 0.25) is 0 Å². The van der Waals surface area contributed by atoms with Crippen LogP contribution < -0.4 is 4.74 Å². The van der Waals surface area contributed by atoms with Gasteiger partial charge >= 0.3 is 5.97 Å². The van der Waals surface area contributed by atoms with Crippen LogP contribution in [0.25, 0.3) is 10.9 Å². The second-order valence-corrected chi connectivity index (χ2v) is 4.62. The van der Waals surface area contributed by atoms with Crippen LogP contribution in [0.4, 0.5) is 0 Å². The first-order chi connectivity index (χ1) is 10.1. The van der Waals surface area contributed by atoms with Gasteiger partial charge in [0.05, 0.1) is 11.7 Å². The van der Waals surface area contributed by atoms with Crippen molar-refractivity contribution in [1.29, 1.82) is 0 Å². The van der Waals surface area contributed by atoms with Gasteiger partial charge < -0.3 is 14.3 Å². The molecule has 0 bridgehead atoms. The first kappa shape index (κ1) is 13.2. The highest BCUT2D eigenvalue weighted by Gasteiger charge is 2.17. The molecule has 5 nitrogen and oxygen atoms in total. The number of aryl methyl sites for hydroxylation is 1. The van der Waals surface area contributed by atoms with E-state index in [-0.39, 0.29) is 17.9 Å². The van der Waals surface area contributed by atoms with E-state index in [9.17, 15) is 9.90 Å². The minimum absolute atomic E-state index is 0.115. The van der Waals surface area contributed by atoms with Gasteiger partial charge in [-0.1, -0.05) is 18.2 Å². The van der Waals surface area contributed by atoms with E-state index in [2.05, 4.69) is 4.98 Å². The van der Waals surface area contributed by atoms with Crippen LogP contribution in [-0.2, 0) is 6.61 Å². The molecule has 0 radical (unpaired) electrons. The molecule has 2 heterocycles. The average molecular weight is 283 g/mol. The number of fused-ring (bicyclic) bond motifs is 1. The number of hydrogen-bond acceptors (Lipinski definition) is 4. The molecule has 0 fully saturated rings. The van der Waals surface area contributed by atoms with Gasteiger partial charge in [0.25, 0.3) is 0 Å². The zero-order valence-corrected chi connectivity index (χ0v) is 11.4. The van der Waals surface area contributed by atoms with Crippen LogP contribution in [0, 0.1) is 6.92 Å². The number of carbonyl (C=O) groups is 1. The van der Waals surface area contributed by atoms with E-state index in [0.717, 1.165) is 5.76 Å². The van der Waals surface area contributed by atoms with Gasteiger partial charge in [0.1, 0.15) is 23.7 Å². The third-order valence-corrected chi connectivity index (χ3v) is 3.12. The van der Waals surface area contributed by atoms with Gasteiger partial charge in [-0.25, -0.2) is 4.79 Å². The van der Waals surface area contributed by atoms with Crippen molar-refractivity contribution >= 4 is 16.9 Å². The standard InChI is InChI=1S/C16H13NO4/c1-10-6-7-11(21-10)9-20-14-8-17-13-5-3-2-4-12(13)15(14)16(18)19/h2-8H,9H2,1H3,(H,18,19). The van der Waals surface area contributed by atoms with Crippen molar-refractivity contribution in [3.05, 3.63) is 59.7 Å². The number of pyridine rings is 1. The third kappa shape index (κ3) is 2.58. The van der Waals surface area contributed by atoms with Gasteiger partial charge in [0, 0.05) is 5.39 Å². The number of hydrogen-bond donors (Lipinski definition) is 1. The molecule has 0 saturated carbocycles. The number of ether oxygens (including phenoxy) is 1. The second kappa shape index (κ2) is 5.28. The fourth-order valence-electron chi connectivity index (χ4n) is 2.16. The van der Waals surface area contributed by atoms with E-state index in [1.165, 1.54) is 6.20 Å². The van der Waals surface area contributed by atoms with Crippen LogP contribution in [0.5, 0.6) is 5.75 Å². The van der Waals surface area contributed by atoms with Gasteiger partial charge in [-0.2, -0.15) is 0 Å². The van der Waals surface area contributed by atoms with E-state index >= 15 is 0 Å². The lowest BCUT2D eigenvalue weighted by molar-refractivity contribution is 0.0693. The number of aromatic carboxylic acids is 1. The van der Waals surface area contributed by atoms with E-state index in [1.54, 1.807) is 24.3 Å². The Morgan fingerprint density at radius 1 is 1.29 bits per heavy atom. The molecular formula is C16H13NO4. The minimum Gasteiger partial charge on any atom is -0.483 e. The molecule has 0 amide bonds. The molecule has 0 saturated heterocycles. The molecule has 3 rings (SSSR count). The van der Waals surface area contributed by atoms with Crippen molar-refractivity contribution in [2.24, 2.45) is 0 Å². The maximum Gasteiger partial charge on any atom is 0.340 e. The fraction of sp³-hybridized carbons (Fsp3) is 0.125. The van der Waals surface area contributed by atoms with Crippen molar-refractivity contribution in [1.82, 2.24) is 4.98 Å². The summed E-state index contributed by atoms with van der Waals surface area (Å²) in [4.78, 5) is 15.7. The normalized spacial score (nSPS) is 10.7. The average Bonchev–Trinajstić information content (AvgIpc) is 2.89. The molecule has 0 aliphatic rings. The number of rotatable bonds is 4. The van der Waals surface area contributed by atoms with Crippen molar-refractivity contribution in [3.8, 4) is 5.75 Å². The largest absolute Gasteiger partial charge is 0.483 e. The van der Waals surface area contributed by atoms with Crippen LogP contribution >= 0.6 is 0 Å². The smallest absolute Gasteiger partial charge is 0.340 e. The van der Waals surface area contributed by atoms with Gasteiger partial charge in [0.2, 0.25) is 0 Å². The van der Waals surface area contributed by atoms with Crippen molar-refractivity contribution < 1.29 is 19.1 Å². The third-order valence-electron chi connectivity index (χ3n) is 3.12. The van der Waals surface area contributed by atoms with Gasteiger partial charge in [-0.15, -0.1) is 0 Å². The van der Waals surface area contributed by atoms with Gasteiger partial charge in [0.15, 0.2) is 5.75 Å². The Hall–Kier alpha value is -2.82. The van der Waals surface area contributed by atoms with E-state index < -0.39 is 5.97 Å². The quantitative estimate of drug-likeness (QED) is 0.794. The maximum absolute atomic E-state index is 11.5. The van der Waals surface area contributed by atoms with Crippen molar-refractivity contribution in [2.75, 3.05) is 0 Å². The number of nitrogens with zero attached hydrogens (tertiary/aromatic N) is 1. The predicted molar refractivity (Wildman–Crippen MR) is 76.5 cm³/mol. The first-order valence-electron chi connectivity index (χ1n) is 6.44. The predicted octanol–water partition coefficient (Wildman–Crippen LogP) is 3.41. The molecule has 0 aliphatic carbocycles. The van der Waals surface area contributed by atoms with Crippen molar-refractivity contribution in [3.63, 3.8) is 0 Å². The molecule has 106 valence electrons. The lowest BCUT2D eigenvalue weighted by Gasteiger charge is -2.10. The van der Waals surface area contributed by atoms with E-state index in [4.69, 9.17) is 9.15 Å². The summed E-state index contributed by atoms with van der Waals surface area (Å²) in [6.07, 6.45) is 1.43. The molecule has 2 aromatic heterocycles. The Labute approximate surface area is 120 Å². The SMILES string of the molecule is Cc1ccc(COc2cnc3ccccc3c2C(=O)O)o1. The zero-order valence-electron chi connectivity index (χ0n) is 11.4. The Balaban J connectivity index is 1.97. The molecule has 0 aliphatic heterocycles. The number of furan rings is 1. The Kier molecular flexibility index (Phi) is 3.31. The first-order valence-corrected chi connectivity index (χ1v) is 6.44. The number of aromatic nitrogens is 1. The Bertz CT molecular complexity index is 807. The second-order valence-electron chi connectivity index (χ2n) is 4.62. The minimum atomic E-state index is -1.04. The summed E-state index contributed by atoms with van der Waals surface area (Å²) in [7, 11) is 0. The lowest BCUT2D eigenvalue weighted by atomic mass is 10.1. The summed E-state index contributed by atoms with van der Waals surface area (Å²) in [5, 5.41) is 9.99. The number of carboxylic acid groups (broad SMARTS) is 1. The summed E-state index contributed by atoms with van der Waals surface area (Å²) < 4.78 is 11.0. The maximum atomic E-state index is 11.5. The molecule has 3 aromatic rings. The van der Waals surface area contributed by atoms with Crippen LogP contribution in [0.1, 0.15) is 21.9 Å². The fourth-order valence-corrected chi connectivity index (χ4v) is 2.16. The summed E-state index contributed by atoms with van der Waals surface area (Å²) in [6, 6.07) is 10.7. The summed E-state index contributed by atoms with van der Waals surface area (Å²) in [5.74, 6) is 0.607. The summed E-state index contributed by atoms with van der Waals surface area (Å²) >= 11 is 0. The van der Waals surface area contributed by atoms with Crippen LogP contribution in [0.15, 0.2) is 47.0 Å². The molecule has 0 unspecified atom stereocenters. The molecule has 0 atom stereocenters. The van der Waals surface area contributed by atoms with E-state index in [0.29, 0.717) is 16.7 Å². The highest BCUT2D eigenvalue weighted by molar-refractivity contribution is 6.04. The van der Waals surface area contributed by atoms with Crippen molar-refractivity contribution in [2.45, 2.75) is 13.5 Å². The molecule has 21 heavy (non-hydrogen) atoms. The van der Waals surface area contributed by atoms with Crippen LogP contribution in [0.3, 0.4) is 0 Å². The molecule has 5 heteroatoms. The number of benzene rings is 1. The summed E-state index contributed by atoms with van der Waals surface area (Å²) in [5.41, 5.74) is 0.736. The van der Waals surface area contributed by atoms with Crippen LogP contribution in [-0.4, -0.2) is 16.1 Å². The monoisotopic (exact) mass is 283 g/mol. The molecule has 1 N–H and O–H groups in total. The summed E-state index contributed by atoms with van der Waals surface area (Å²) in [6.45, 7) is 2.00. The highest BCUT2D eigenvalue weighted by Crippen LogP contribution is 2.27. The highest BCUT2D eigenvalue weighted by atomic mass is 16.5.